The van der Waals surface area contributed by atoms with Crippen LogP contribution in [-0.4, -0.2) is 5.11 Å². The lowest BCUT2D eigenvalue weighted by Crippen LogP contribution is -1.94. The van der Waals surface area contributed by atoms with Gasteiger partial charge in [0, 0.05) is 5.56 Å². The molecule has 2 aromatic rings. The van der Waals surface area contributed by atoms with Gasteiger partial charge in [0.15, 0.2) is 6.17 Å². The minimum absolute atomic E-state index is 0.00569. The first-order valence-corrected chi connectivity index (χ1v) is 4.76. The fourth-order valence-electron chi connectivity index (χ4n) is 1.50. The normalized spacial score (nSPS) is 12.3. The lowest BCUT2D eigenvalue weighted by atomic mass is 10.0. The van der Waals surface area contributed by atoms with E-state index in [1.165, 1.54) is 6.07 Å². The summed E-state index contributed by atoms with van der Waals surface area (Å²) in [4.78, 5) is 0. The zero-order valence-corrected chi connectivity index (χ0v) is 8.10. The Bertz CT molecular complexity index is 439. The molecule has 2 rings (SSSR count). The maximum absolute atomic E-state index is 14.0. The molecule has 1 N–H and O–H groups in total. The molecule has 0 aliphatic carbocycles. The predicted octanol–water partition coefficient (Wildman–Crippen LogP) is 3.45. The first kappa shape index (κ1) is 9.71. The van der Waals surface area contributed by atoms with Gasteiger partial charge in [-0.3, -0.25) is 0 Å². The van der Waals surface area contributed by atoms with Gasteiger partial charge in [-0.15, -0.1) is 0 Å². The number of aromatic hydroxyl groups is 1. The van der Waals surface area contributed by atoms with Crippen LogP contribution in [0.4, 0.5) is 4.39 Å². The van der Waals surface area contributed by atoms with Crippen molar-refractivity contribution in [2.45, 2.75) is 6.17 Å². The molecule has 0 amide bonds. The number of halogens is 1. The molecule has 1 unspecified atom stereocenters. The third-order valence-electron chi connectivity index (χ3n) is 2.30. The van der Waals surface area contributed by atoms with Gasteiger partial charge < -0.3 is 5.11 Å². The lowest BCUT2D eigenvalue weighted by molar-refractivity contribution is 0.379. The largest absolute Gasteiger partial charge is 0.508 e. The van der Waals surface area contributed by atoms with E-state index < -0.39 is 6.17 Å². The van der Waals surface area contributed by atoms with Crippen molar-refractivity contribution in [1.82, 2.24) is 0 Å². The van der Waals surface area contributed by atoms with Crippen molar-refractivity contribution in [3.8, 4) is 5.75 Å². The fraction of sp³-hybridized carbons (Fsp3) is 0.0769. The minimum atomic E-state index is -1.27. The summed E-state index contributed by atoms with van der Waals surface area (Å²) in [6.45, 7) is 0. The van der Waals surface area contributed by atoms with E-state index in [0.29, 0.717) is 11.1 Å². The zero-order chi connectivity index (χ0) is 10.7. The smallest absolute Gasteiger partial charge is 0.154 e. The fourth-order valence-corrected chi connectivity index (χ4v) is 1.50. The van der Waals surface area contributed by atoms with Crippen LogP contribution in [0, 0.1) is 0 Å². The molecule has 0 aliphatic rings. The van der Waals surface area contributed by atoms with E-state index in [2.05, 4.69) is 0 Å². The molecular formula is C13H11FO. The molecule has 2 aromatic carbocycles. The first-order valence-electron chi connectivity index (χ1n) is 4.76. The highest BCUT2D eigenvalue weighted by Gasteiger charge is 2.15. The Balaban J connectivity index is 2.37. The van der Waals surface area contributed by atoms with Crippen molar-refractivity contribution in [2.24, 2.45) is 0 Å². The summed E-state index contributed by atoms with van der Waals surface area (Å²) in [5.41, 5.74) is 0.864. The molecule has 0 saturated carbocycles. The van der Waals surface area contributed by atoms with Crippen LogP contribution in [0.25, 0.3) is 0 Å². The van der Waals surface area contributed by atoms with E-state index in [1.54, 1.807) is 42.5 Å². The number of phenols is 1. The van der Waals surface area contributed by atoms with Crippen LogP contribution < -0.4 is 0 Å². The Kier molecular flexibility index (Phi) is 2.68. The molecule has 0 radical (unpaired) electrons. The van der Waals surface area contributed by atoms with Gasteiger partial charge in [0.05, 0.1) is 0 Å². The summed E-state index contributed by atoms with van der Waals surface area (Å²) in [6.07, 6.45) is -1.27. The van der Waals surface area contributed by atoms with Crippen molar-refractivity contribution >= 4 is 0 Å². The van der Waals surface area contributed by atoms with E-state index >= 15 is 0 Å². The predicted molar refractivity (Wildman–Crippen MR) is 57.5 cm³/mol. The molecule has 0 saturated heterocycles. The standard InChI is InChI=1S/C13H11FO/c14-13(10-6-2-1-3-7-10)11-8-4-5-9-12(11)15/h1-9,13,15H. The summed E-state index contributed by atoms with van der Waals surface area (Å²) < 4.78 is 14.0. The molecule has 0 aromatic heterocycles. The number of phenolic OH excluding ortho intramolecular Hbond substituents is 1. The molecule has 0 aliphatic heterocycles. The second-order valence-corrected chi connectivity index (χ2v) is 3.33. The van der Waals surface area contributed by atoms with Crippen LogP contribution in [0.15, 0.2) is 54.6 Å². The molecule has 2 heteroatoms. The molecule has 15 heavy (non-hydrogen) atoms. The Morgan fingerprint density at radius 1 is 0.867 bits per heavy atom. The van der Waals surface area contributed by atoms with Crippen molar-refractivity contribution in [3.05, 3.63) is 65.7 Å². The Hall–Kier alpha value is -1.83. The molecule has 1 nitrogen and oxygen atoms in total. The number of hydrogen-bond acceptors (Lipinski definition) is 1. The number of rotatable bonds is 2. The molecule has 76 valence electrons. The van der Waals surface area contributed by atoms with Crippen LogP contribution in [-0.2, 0) is 0 Å². The Morgan fingerprint density at radius 2 is 1.47 bits per heavy atom. The van der Waals surface area contributed by atoms with Crippen molar-refractivity contribution in [2.75, 3.05) is 0 Å². The highest BCUT2D eigenvalue weighted by atomic mass is 19.1. The van der Waals surface area contributed by atoms with E-state index in [-0.39, 0.29) is 5.75 Å². The summed E-state index contributed by atoms with van der Waals surface area (Å²) in [7, 11) is 0. The molecule has 0 spiro atoms. The van der Waals surface area contributed by atoms with Crippen molar-refractivity contribution in [1.29, 1.82) is 0 Å². The quantitative estimate of drug-likeness (QED) is 0.790. The average molecular weight is 202 g/mol. The van der Waals surface area contributed by atoms with Gasteiger partial charge in [-0.1, -0.05) is 48.5 Å². The summed E-state index contributed by atoms with van der Waals surface area (Å²) in [5.74, 6) is -0.00569. The number of benzene rings is 2. The average Bonchev–Trinajstić information content (AvgIpc) is 2.30. The van der Waals surface area contributed by atoms with Gasteiger partial charge in [-0.2, -0.15) is 0 Å². The van der Waals surface area contributed by atoms with E-state index in [0.717, 1.165) is 0 Å². The molecular weight excluding hydrogens is 191 g/mol. The van der Waals surface area contributed by atoms with Crippen molar-refractivity contribution < 1.29 is 9.50 Å². The second-order valence-electron chi connectivity index (χ2n) is 3.33. The first-order chi connectivity index (χ1) is 7.29. The summed E-state index contributed by atoms with van der Waals surface area (Å²) >= 11 is 0. The van der Waals surface area contributed by atoms with Gasteiger partial charge in [-0.05, 0) is 11.6 Å². The lowest BCUT2D eigenvalue weighted by Gasteiger charge is -2.10. The summed E-state index contributed by atoms with van der Waals surface area (Å²) in [5, 5.41) is 9.50. The van der Waals surface area contributed by atoms with E-state index in [1.807, 2.05) is 6.07 Å². The van der Waals surface area contributed by atoms with Crippen molar-refractivity contribution in [3.63, 3.8) is 0 Å². The highest BCUT2D eigenvalue weighted by Crippen LogP contribution is 2.31. The van der Waals surface area contributed by atoms with Crippen LogP contribution >= 0.6 is 0 Å². The minimum Gasteiger partial charge on any atom is -0.508 e. The molecule has 0 bridgehead atoms. The SMILES string of the molecule is Oc1ccccc1C(F)c1ccccc1. The van der Waals surface area contributed by atoms with Gasteiger partial charge in [0.1, 0.15) is 5.75 Å². The molecule has 1 atom stereocenters. The Labute approximate surface area is 87.8 Å². The van der Waals surface area contributed by atoms with Crippen LogP contribution in [0.2, 0.25) is 0 Å². The monoisotopic (exact) mass is 202 g/mol. The van der Waals surface area contributed by atoms with Gasteiger partial charge >= 0.3 is 0 Å². The summed E-state index contributed by atoms with van der Waals surface area (Å²) in [6, 6.07) is 15.3. The number of para-hydroxylation sites is 1. The second kappa shape index (κ2) is 4.13. The maximum atomic E-state index is 14.0. The van der Waals surface area contributed by atoms with Crippen LogP contribution in [0.3, 0.4) is 0 Å². The van der Waals surface area contributed by atoms with Crippen LogP contribution in [0.1, 0.15) is 17.3 Å². The highest BCUT2D eigenvalue weighted by molar-refractivity contribution is 5.39. The molecule has 0 fully saturated rings. The van der Waals surface area contributed by atoms with E-state index in [9.17, 15) is 9.50 Å². The number of hydrogen-bond donors (Lipinski definition) is 1. The molecule has 0 heterocycles. The topological polar surface area (TPSA) is 20.2 Å². The van der Waals surface area contributed by atoms with Gasteiger partial charge in [-0.25, -0.2) is 4.39 Å². The Morgan fingerprint density at radius 3 is 2.13 bits per heavy atom. The van der Waals surface area contributed by atoms with E-state index in [4.69, 9.17) is 0 Å². The zero-order valence-electron chi connectivity index (χ0n) is 8.10. The van der Waals surface area contributed by atoms with Gasteiger partial charge in [0.2, 0.25) is 0 Å². The number of alkyl halides is 1. The van der Waals surface area contributed by atoms with Crippen LogP contribution in [0.5, 0.6) is 5.75 Å². The third kappa shape index (κ3) is 1.99. The maximum Gasteiger partial charge on any atom is 0.154 e. The van der Waals surface area contributed by atoms with Gasteiger partial charge in [0.25, 0.3) is 0 Å². The third-order valence-corrected chi connectivity index (χ3v) is 2.30.